The summed E-state index contributed by atoms with van der Waals surface area (Å²) >= 11 is 0. The standard InChI is InChI=1S/C13H25N3O3/c1-2-5-11(12(14)15-19)13(18)16-8-4-3-6-10(16)7-9-17/h10-11,17,19H,2-9H2,1H3,(H2,14,15). The minimum absolute atomic E-state index is 0.0137. The maximum atomic E-state index is 12.5. The molecule has 1 rings (SSSR count). The summed E-state index contributed by atoms with van der Waals surface area (Å²) in [6.45, 7) is 2.74. The summed E-state index contributed by atoms with van der Waals surface area (Å²) in [4.78, 5) is 14.3. The quantitative estimate of drug-likeness (QED) is 0.289. The van der Waals surface area contributed by atoms with Crippen LogP contribution in [0.5, 0.6) is 0 Å². The molecule has 0 aromatic rings. The second-order valence-electron chi connectivity index (χ2n) is 5.06. The lowest BCUT2D eigenvalue weighted by Gasteiger charge is -2.37. The fourth-order valence-electron chi connectivity index (χ4n) is 2.70. The molecule has 0 aromatic carbocycles. The van der Waals surface area contributed by atoms with Crippen LogP contribution in [0.2, 0.25) is 0 Å². The van der Waals surface area contributed by atoms with Gasteiger partial charge >= 0.3 is 0 Å². The maximum absolute atomic E-state index is 12.5. The van der Waals surface area contributed by atoms with E-state index in [1.807, 2.05) is 6.92 Å². The van der Waals surface area contributed by atoms with Gasteiger partial charge in [-0.1, -0.05) is 18.5 Å². The first kappa shape index (κ1) is 15.8. The highest BCUT2D eigenvalue weighted by atomic mass is 16.4. The summed E-state index contributed by atoms with van der Waals surface area (Å²) in [5.41, 5.74) is 5.63. The van der Waals surface area contributed by atoms with E-state index in [0.717, 1.165) is 25.7 Å². The molecule has 4 N–H and O–H groups in total. The fourth-order valence-corrected chi connectivity index (χ4v) is 2.70. The average molecular weight is 271 g/mol. The van der Waals surface area contributed by atoms with Crippen molar-refractivity contribution < 1.29 is 15.1 Å². The molecular weight excluding hydrogens is 246 g/mol. The van der Waals surface area contributed by atoms with Gasteiger partial charge in [0.25, 0.3) is 0 Å². The first-order valence-corrected chi connectivity index (χ1v) is 7.04. The van der Waals surface area contributed by atoms with Gasteiger partial charge in [-0.25, -0.2) is 0 Å². The molecule has 2 atom stereocenters. The molecule has 2 unspecified atom stereocenters. The molecule has 0 aliphatic carbocycles. The number of oxime groups is 1. The van der Waals surface area contributed by atoms with Gasteiger partial charge in [-0.05, 0) is 32.1 Å². The average Bonchev–Trinajstić information content (AvgIpc) is 2.44. The van der Waals surface area contributed by atoms with Crippen LogP contribution in [0.25, 0.3) is 0 Å². The van der Waals surface area contributed by atoms with Crippen LogP contribution in [0, 0.1) is 5.92 Å². The molecule has 1 saturated heterocycles. The van der Waals surface area contributed by atoms with Crippen molar-refractivity contribution in [2.24, 2.45) is 16.8 Å². The second kappa shape index (κ2) is 7.99. The van der Waals surface area contributed by atoms with Gasteiger partial charge in [0, 0.05) is 19.2 Å². The SMILES string of the molecule is CCCC(C(=O)N1CCCCC1CCO)C(N)=NO. The lowest BCUT2D eigenvalue weighted by molar-refractivity contribution is -0.137. The first-order chi connectivity index (χ1) is 9.15. The van der Waals surface area contributed by atoms with E-state index in [1.54, 1.807) is 4.90 Å². The topological polar surface area (TPSA) is 99.2 Å². The molecule has 1 fully saturated rings. The molecular formula is C13H25N3O3. The summed E-state index contributed by atoms with van der Waals surface area (Å²) in [6.07, 6.45) is 4.95. The fraction of sp³-hybridized carbons (Fsp3) is 0.846. The van der Waals surface area contributed by atoms with Crippen molar-refractivity contribution in [1.29, 1.82) is 0 Å². The molecule has 110 valence electrons. The molecule has 1 heterocycles. The summed E-state index contributed by atoms with van der Waals surface area (Å²) in [5.74, 6) is -0.634. The molecule has 1 amide bonds. The third-order valence-electron chi connectivity index (χ3n) is 3.72. The number of nitrogens with zero attached hydrogens (tertiary/aromatic N) is 2. The number of carbonyl (C=O) groups is 1. The summed E-state index contributed by atoms with van der Waals surface area (Å²) in [5, 5.41) is 20.9. The number of hydrogen-bond donors (Lipinski definition) is 3. The van der Waals surface area contributed by atoms with Crippen LogP contribution in [-0.4, -0.2) is 46.1 Å². The van der Waals surface area contributed by atoms with Crippen molar-refractivity contribution in [3.8, 4) is 0 Å². The molecule has 6 heteroatoms. The molecule has 0 spiro atoms. The van der Waals surface area contributed by atoms with Gasteiger partial charge in [0.2, 0.25) is 5.91 Å². The molecule has 0 aromatic heterocycles. The lowest BCUT2D eigenvalue weighted by atomic mass is 9.94. The van der Waals surface area contributed by atoms with Crippen molar-refractivity contribution in [3.05, 3.63) is 0 Å². The van der Waals surface area contributed by atoms with E-state index in [1.165, 1.54) is 0 Å². The zero-order valence-electron chi connectivity index (χ0n) is 11.6. The summed E-state index contributed by atoms with van der Waals surface area (Å²) in [7, 11) is 0. The highest BCUT2D eigenvalue weighted by molar-refractivity contribution is 6.02. The van der Waals surface area contributed by atoms with Crippen molar-refractivity contribution in [3.63, 3.8) is 0 Å². The van der Waals surface area contributed by atoms with Gasteiger partial charge in [0.15, 0.2) is 5.84 Å². The molecule has 0 radical (unpaired) electrons. The monoisotopic (exact) mass is 271 g/mol. The Morgan fingerprint density at radius 2 is 2.26 bits per heavy atom. The number of nitrogens with two attached hydrogens (primary N) is 1. The van der Waals surface area contributed by atoms with E-state index in [4.69, 9.17) is 16.0 Å². The Hall–Kier alpha value is -1.30. The van der Waals surface area contributed by atoms with E-state index in [-0.39, 0.29) is 24.4 Å². The number of aliphatic hydroxyl groups is 1. The van der Waals surface area contributed by atoms with Crippen molar-refractivity contribution in [1.82, 2.24) is 4.90 Å². The van der Waals surface area contributed by atoms with Crippen molar-refractivity contribution in [2.45, 2.75) is 51.5 Å². The zero-order valence-corrected chi connectivity index (χ0v) is 11.6. The van der Waals surface area contributed by atoms with Crippen molar-refractivity contribution >= 4 is 11.7 Å². The predicted octanol–water partition coefficient (Wildman–Crippen LogP) is 0.913. The van der Waals surface area contributed by atoms with Crippen LogP contribution in [0.15, 0.2) is 5.16 Å². The number of carbonyl (C=O) groups excluding carboxylic acids is 1. The Morgan fingerprint density at radius 1 is 1.53 bits per heavy atom. The number of likely N-dealkylation sites (tertiary alicyclic amines) is 1. The molecule has 0 saturated carbocycles. The highest BCUT2D eigenvalue weighted by Crippen LogP contribution is 2.23. The van der Waals surface area contributed by atoms with Crippen molar-refractivity contribution in [2.75, 3.05) is 13.2 Å². The molecule has 1 aliphatic heterocycles. The van der Waals surface area contributed by atoms with Gasteiger partial charge in [0.1, 0.15) is 0 Å². The number of amidine groups is 1. The van der Waals surface area contributed by atoms with Crippen LogP contribution < -0.4 is 5.73 Å². The normalized spacial score (nSPS) is 22.3. The minimum Gasteiger partial charge on any atom is -0.409 e. The maximum Gasteiger partial charge on any atom is 0.233 e. The lowest BCUT2D eigenvalue weighted by Crippen LogP contribution is -2.49. The molecule has 19 heavy (non-hydrogen) atoms. The minimum atomic E-state index is -0.547. The zero-order chi connectivity index (χ0) is 14.3. The highest BCUT2D eigenvalue weighted by Gasteiger charge is 2.32. The summed E-state index contributed by atoms with van der Waals surface area (Å²) < 4.78 is 0. The second-order valence-corrected chi connectivity index (χ2v) is 5.06. The largest absolute Gasteiger partial charge is 0.409 e. The van der Waals surface area contributed by atoms with Gasteiger partial charge in [-0.2, -0.15) is 0 Å². The summed E-state index contributed by atoms with van der Waals surface area (Å²) in [6, 6.07) is 0.0806. The van der Waals surface area contributed by atoms with E-state index in [0.29, 0.717) is 19.4 Å². The number of aliphatic hydroxyl groups excluding tert-OH is 1. The molecule has 0 bridgehead atoms. The van der Waals surface area contributed by atoms with Crippen LogP contribution in [0.3, 0.4) is 0 Å². The van der Waals surface area contributed by atoms with Crippen LogP contribution in [-0.2, 0) is 4.79 Å². The number of amides is 1. The Kier molecular flexibility index (Phi) is 6.62. The number of piperidine rings is 1. The van der Waals surface area contributed by atoms with Gasteiger partial charge < -0.3 is 20.9 Å². The van der Waals surface area contributed by atoms with Crippen LogP contribution >= 0.6 is 0 Å². The predicted molar refractivity (Wildman–Crippen MR) is 72.9 cm³/mol. The third kappa shape index (κ3) is 4.09. The molecule has 6 nitrogen and oxygen atoms in total. The third-order valence-corrected chi connectivity index (χ3v) is 3.72. The Labute approximate surface area is 114 Å². The van der Waals surface area contributed by atoms with Crippen LogP contribution in [0.1, 0.15) is 45.4 Å². The van der Waals surface area contributed by atoms with Gasteiger partial charge in [-0.3, -0.25) is 4.79 Å². The van der Waals surface area contributed by atoms with Gasteiger partial charge in [0.05, 0.1) is 5.92 Å². The number of hydrogen-bond acceptors (Lipinski definition) is 4. The molecule has 1 aliphatic rings. The Bertz CT molecular complexity index is 318. The van der Waals surface area contributed by atoms with E-state index >= 15 is 0 Å². The van der Waals surface area contributed by atoms with Crippen LogP contribution in [0.4, 0.5) is 0 Å². The Morgan fingerprint density at radius 3 is 2.84 bits per heavy atom. The smallest absolute Gasteiger partial charge is 0.233 e. The van der Waals surface area contributed by atoms with E-state index in [9.17, 15) is 4.79 Å². The number of rotatable bonds is 6. The first-order valence-electron chi connectivity index (χ1n) is 7.04. The van der Waals surface area contributed by atoms with Gasteiger partial charge in [-0.15, -0.1) is 0 Å². The Balaban J connectivity index is 2.80. The van der Waals surface area contributed by atoms with E-state index in [2.05, 4.69) is 5.16 Å². The van der Waals surface area contributed by atoms with E-state index < -0.39 is 5.92 Å².